The Morgan fingerprint density at radius 1 is 1.46 bits per heavy atom. The topological polar surface area (TPSA) is 29.3 Å². The third-order valence-corrected chi connectivity index (χ3v) is 3.19. The van der Waals surface area contributed by atoms with E-state index in [1.54, 1.807) is 0 Å². The lowest BCUT2D eigenvalue weighted by Gasteiger charge is -2.41. The number of rotatable bonds is 3. The van der Waals surface area contributed by atoms with Crippen LogP contribution < -0.4 is 5.73 Å². The SMILES string of the molecule is CCC(CN)N1CCCC(C)(C)C1. The normalized spacial score (nSPS) is 25.8. The van der Waals surface area contributed by atoms with Gasteiger partial charge in [0.25, 0.3) is 0 Å². The Balaban J connectivity index is 2.50. The van der Waals surface area contributed by atoms with Crippen molar-refractivity contribution >= 4 is 0 Å². The summed E-state index contributed by atoms with van der Waals surface area (Å²) in [6.45, 7) is 10.2. The Hall–Kier alpha value is -0.0800. The molecule has 2 N–H and O–H groups in total. The van der Waals surface area contributed by atoms with Gasteiger partial charge in [-0.3, -0.25) is 4.90 Å². The number of piperidine rings is 1. The molecule has 0 aromatic rings. The molecular formula is C11H24N2. The van der Waals surface area contributed by atoms with Crippen LogP contribution in [0.15, 0.2) is 0 Å². The van der Waals surface area contributed by atoms with E-state index in [1.807, 2.05) is 0 Å². The predicted octanol–water partition coefficient (Wildman–Crippen LogP) is 1.85. The van der Waals surface area contributed by atoms with Gasteiger partial charge in [0.15, 0.2) is 0 Å². The van der Waals surface area contributed by atoms with Gasteiger partial charge < -0.3 is 5.73 Å². The zero-order chi connectivity index (χ0) is 9.90. The van der Waals surface area contributed by atoms with Crippen molar-refractivity contribution in [2.75, 3.05) is 19.6 Å². The van der Waals surface area contributed by atoms with Crippen LogP contribution in [0.2, 0.25) is 0 Å². The van der Waals surface area contributed by atoms with Gasteiger partial charge in [-0.2, -0.15) is 0 Å². The summed E-state index contributed by atoms with van der Waals surface area (Å²) in [5, 5.41) is 0. The van der Waals surface area contributed by atoms with Crippen molar-refractivity contribution < 1.29 is 0 Å². The van der Waals surface area contributed by atoms with Crippen LogP contribution in [0.1, 0.15) is 40.0 Å². The lowest BCUT2D eigenvalue weighted by molar-refractivity contribution is 0.0792. The first-order valence-corrected chi connectivity index (χ1v) is 5.53. The molecule has 1 heterocycles. The highest BCUT2D eigenvalue weighted by atomic mass is 15.2. The van der Waals surface area contributed by atoms with Crippen molar-refractivity contribution in [3.63, 3.8) is 0 Å². The maximum absolute atomic E-state index is 5.76. The van der Waals surface area contributed by atoms with Crippen molar-refractivity contribution in [1.82, 2.24) is 4.90 Å². The van der Waals surface area contributed by atoms with Gasteiger partial charge in [-0.1, -0.05) is 20.8 Å². The molecule has 0 bridgehead atoms. The molecule has 0 aromatic heterocycles. The van der Waals surface area contributed by atoms with E-state index in [-0.39, 0.29) is 0 Å². The van der Waals surface area contributed by atoms with Crippen LogP contribution in [-0.2, 0) is 0 Å². The molecule has 0 aromatic carbocycles. The zero-order valence-corrected chi connectivity index (χ0v) is 9.34. The smallest absolute Gasteiger partial charge is 0.0216 e. The van der Waals surface area contributed by atoms with E-state index in [9.17, 15) is 0 Å². The monoisotopic (exact) mass is 184 g/mol. The van der Waals surface area contributed by atoms with Gasteiger partial charge in [-0.25, -0.2) is 0 Å². The minimum atomic E-state index is 0.501. The van der Waals surface area contributed by atoms with Gasteiger partial charge >= 0.3 is 0 Å². The number of hydrogen-bond acceptors (Lipinski definition) is 2. The van der Waals surface area contributed by atoms with Crippen LogP contribution >= 0.6 is 0 Å². The summed E-state index contributed by atoms with van der Waals surface area (Å²) >= 11 is 0. The van der Waals surface area contributed by atoms with E-state index >= 15 is 0 Å². The summed E-state index contributed by atoms with van der Waals surface area (Å²) in [5.41, 5.74) is 6.26. The Morgan fingerprint density at radius 2 is 2.15 bits per heavy atom. The van der Waals surface area contributed by atoms with Crippen LogP contribution in [0.5, 0.6) is 0 Å². The highest BCUT2D eigenvalue weighted by molar-refractivity contribution is 4.83. The highest BCUT2D eigenvalue weighted by Gasteiger charge is 2.28. The quantitative estimate of drug-likeness (QED) is 0.725. The van der Waals surface area contributed by atoms with Crippen molar-refractivity contribution in [1.29, 1.82) is 0 Å². The van der Waals surface area contributed by atoms with E-state index in [4.69, 9.17) is 5.73 Å². The minimum absolute atomic E-state index is 0.501. The predicted molar refractivity (Wildman–Crippen MR) is 57.7 cm³/mol. The van der Waals surface area contributed by atoms with Crippen molar-refractivity contribution in [2.24, 2.45) is 11.1 Å². The molecule has 0 spiro atoms. The molecule has 1 fully saturated rings. The number of hydrogen-bond donors (Lipinski definition) is 1. The molecule has 1 aliphatic heterocycles. The van der Waals surface area contributed by atoms with Crippen LogP contribution in [0.25, 0.3) is 0 Å². The summed E-state index contributed by atoms with van der Waals surface area (Å²) in [7, 11) is 0. The summed E-state index contributed by atoms with van der Waals surface area (Å²) in [4.78, 5) is 2.57. The molecule has 2 heteroatoms. The molecule has 1 unspecified atom stereocenters. The van der Waals surface area contributed by atoms with Crippen molar-refractivity contribution in [3.8, 4) is 0 Å². The van der Waals surface area contributed by atoms with Crippen LogP contribution in [0.4, 0.5) is 0 Å². The fourth-order valence-corrected chi connectivity index (χ4v) is 2.35. The average molecular weight is 184 g/mol. The molecule has 0 radical (unpaired) electrons. The van der Waals surface area contributed by atoms with E-state index in [0.29, 0.717) is 11.5 Å². The first kappa shape index (κ1) is 11.0. The molecule has 1 aliphatic rings. The Bertz CT molecular complexity index is 150. The summed E-state index contributed by atoms with van der Waals surface area (Å²) < 4.78 is 0. The third kappa shape index (κ3) is 2.96. The first-order valence-electron chi connectivity index (χ1n) is 5.53. The standard InChI is InChI=1S/C11H24N2/c1-4-10(8-12)13-7-5-6-11(2,3)9-13/h10H,4-9,12H2,1-3H3. The molecule has 1 atom stereocenters. The fourth-order valence-electron chi connectivity index (χ4n) is 2.35. The fraction of sp³-hybridized carbons (Fsp3) is 1.00. The Kier molecular flexibility index (Phi) is 3.74. The lowest BCUT2D eigenvalue weighted by atomic mass is 9.83. The number of nitrogens with two attached hydrogens (primary N) is 1. The average Bonchev–Trinajstić information content (AvgIpc) is 2.05. The van der Waals surface area contributed by atoms with Crippen LogP contribution in [0, 0.1) is 5.41 Å². The second-order valence-corrected chi connectivity index (χ2v) is 5.04. The van der Waals surface area contributed by atoms with Gasteiger partial charge in [0.05, 0.1) is 0 Å². The third-order valence-electron chi connectivity index (χ3n) is 3.19. The highest BCUT2D eigenvalue weighted by Crippen LogP contribution is 2.29. The van der Waals surface area contributed by atoms with Gasteiger partial charge in [0, 0.05) is 19.1 Å². The molecule has 1 saturated heterocycles. The van der Waals surface area contributed by atoms with Gasteiger partial charge in [-0.15, -0.1) is 0 Å². The van der Waals surface area contributed by atoms with E-state index in [1.165, 1.54) is 32.4 Å². The molecule has 0 amide bonds. The van der Waals surface area contributed by atoms with Gasteiger partial charge in [0.1, 0.15) is 0 Å². The Morgan fingerprint density at radius 3 is 2.62 bits per heavy atom. The number of nitrogens with zero attached hydrogens (tertiary/aromatic N) is 1. The summed E-state index contributed by atoms with van der Waals surface area (Å²) in [6, 6.07) is 0.611. The molecule has 78 valence electrons. The summed E-state index contributed by atoms with van der Waals surface area (Å²) in [6.07, 6.45) is 3.89. The lowest BCUT2D eigenvalue weighted by Crippen LogP contribution is -2.48. The van der Waals surface area contributed by atoms with Gasteiger partial charge in [0.2, 0.25) is 0 Å². The largest absolute Gasteiger partial charge is 0.329 e. The second-order valence-electron chi connectivity index (χ2n) is 5.04. The minimum Gasteiger partial charge on any atom is -0.329 e. The summed E-state index contributed by atoms with van der Waals surface area (Å²) in [5.74, 6) is 0. The van der Waals surface area contributed by atoms with E-state index < -0.39 is 0 Å². The molecule has 0 saturated carbocycles. The maximum atomic E-state index is 5.76. The molecule has 0 aliphatic carbocycles. The van der Waals surface area contributed by atoms with Crippen LogP contribution in [-0.4, -0.2) is 30.6 Å². The van der Waals surface area contributed by atoms with Crippen molar-refractivity contribution in [2.45, 2.75) is 46.1 Å². The second kappa shape index (κ2) is 4.43. The van der Waals surface area contributed by atoms with Crippen molar-refractivity contribution in [3.05, 3.63) is 0 Å². The van der Waals surface area contributed by atoms with E-state index in [0.717, 1.165) is 6.54 Å². The van der Waals surface area contributed by atoms with E-state index in [2.05, 4.69) is 25.7 Å². The Labute approximate surface area is 82.5 Å². The molecule has 13 heavy (non-hydrogen) atoms. The maximum Gasteiger partial charge on any atom is 0.0216 e. The van der Waals surface area contributed by atoms with Gasteiger partial charge in [-0.05, 0) is 31.2 Å². The zero-order valence-electron chi connectivity index (χ0n) is 9.34. The molecule has 2 nitrogen and oxygen atoms in total. The first-order chi connectivity index (χ1) is 6.09. The number of likely N-dealkylation sites (tertiary alicyclic amines) is 1. The molecular weight excluding hydrogens is 160 g/mol. The molecule has 1 rings (SSSR count). The van der Waals surface area contributed by atoms with Crippen LogP contribution in [0.3, 0.4) is 0 Å².